The molecule has 128 valence electrons. The van der Waals surface area contributed by atoms with E-state index < -0.39 is 6.17 Å². The second kappa shape index (κ2) is 7.13. The molecule has 1 fully saturated rings. The summed E-state index contributed by atoms with van der Waals surface area (Å²) < 4.78 is 18.3. The quantitative estimate of drug-likeness (QED) is 0.815. The molecule has 2 atom stereocenters. The van der Waals surface area contributed by atoms with Crippen LogP contribution >= 0.6 is 22.9 Å². The Kier molecular flexibility index (Phi) is 5.13. The Morgan fingerprint density at radius 2 is 2.25 bits per heavy atom. The first-order valence-electron chi connectivity index (χ1n) is 7.84. The van der Waals surface area contributed by atoms with Gasteiger partial charge in [0.15, 0.2) is 0 Å². The molecule has 0 radical (unpaired) electrons. The fourth-order valence-electron chi connectivity index (χ4n) is 3.11. The molecule has 24 heavy (non-hydrogen) atoms. The van der Waals surface area contributed by atoms with Gasteiger partial charge in [-0.2, -0.15) is 9.64 Å². The monoisotopic (exact) mass is 365 g/mol. The molecule has 2 aromatic heterocycles. The number of halogens is 1. The van der Waals surface area contributed by atoms with Crippen molar-refractivity contribution in [3.63, 3.8) is 0 Å². The standard InChI is InChI=1S/C16H20FN5S2/c1-10-14(5-18)16(24-20-10)21(3)7-13-4-12(17)6-22(13)8-15-11(2)19-9-23-15/h9,12-13H,4,6-8H2,1-3H3/t12-,13-/m0/s1. The van der Waals surface area contributed by atoms with Crippen LogP contribution in [0.5, 0.6) is 0 Å². The van der Waals surface area contributed by atoms with Crippen LogP contribution in [0.4, 0.5) is 9.39 Å². The minimum Gasteiger partial charge on any atom is -0.363 e. The normalized spacial score (nSPS) is 21.1. The second-order valence-electron chi connectivity index (χ2n) is 6.22. The lowest BCUT2D eigenvalue weighted by molar-refractivity contribution is 0.239. The number of aryl methyl sites for hydroxylation is 2. The summed E-state index contributed by atoms with van der Waals surface area (Å²) in [6, 6.07) is 2.35. The van der Waals surface area contributed by atoms with Gasteiger partial charge in [-0.25, -0.2) is 9.37 Å². The zero-order valence-electron chi connectivity index (χ0n) is 14.0. The number of aromatic nitrogens is 2. The van der Waals surface area contributed by atoms with Gasteiger partial charge in [-0.15, -0.1) is 11.3 Å². The molecule has 3 heterocycles. The van der Waals surface area contributed by atoms with E-state index in [1.54, 1.807) is 11.3 Å². The summed E-state index contributed by atoms with van der Waals surface area (Å²) in [5.41, 5.74) is 4.26. The summed E-state index contributed by atoms with van der Waals surface area (Å²) in [5.74, 6) is 0. The van der Waals surface area contributed by atoms with Gasteiger partial charge in [0.1, 0.15) is 22.8 Å². The Labute approximate surface area is 149 Å². The summed E-state index contributed by atoms with van der Waals surface area (Å²) in [6.45, 7) is 5.73. The molecule has 1 aliphatic heterocycles. The van der Waals surface area contributed by atoms with Crippen LogP contribution in [0.25, 0.3) is 0 Å². The first kappa shape index (κ1) is 17.3. The van der Waals surface area contributed by atoms with Crippen molar-refractivity contribution in [2.75, 3.05) is 25.0 Å². The molecule has 8 heteroatoms. The minimum absolute atomic E-state index is 0.125. The molecule has 3 rings (SSSR count). The van der Waals surface area contributed by atoms with Gasteiger partial charge in [-0.1, -0.05) is 0 Å². The van der Waals surface area contributed by atoms with Gasteiger partial charge in [-0.05, 0) is 31.8 Å². The summed E-state index contributed by atoms with van der Waals surface area (Å²) in [6.07, 6.45) is -0.266. The van der Waals surface area contributed by atoms with Crippen molar-refractivity contribution >= 4 is 27.9 Å². The SMILES string of the molecule is Cc1ncsc1CN1C[C@@H](F)C[C@H]1CN(C)c1snc(C)c1C#N. The molecule has 0 saturated carbocycles. The molecule has 1 saturated heterocycles. The van der Waals surface area contributed by atoms with Gasteiger partial charge in [0.2, 0.25) is 0 Å². The fraction of sp³-hybridized carbons (Fsp3) is 0.562. The van der Waals surface area contributed by atoms with Crippen LogP contribution < -0.4 is 4.90 Å². The molecule has 0 amide bonds. The van der Waals surface area contributed by atoms with E-state index in [-0.39, 0.29) is 6.04 Å². The third-order valence-electron chi connectivity index (χ3n) is 4.46. The molecule has 1 aliphatic rings. The predicted octanol–water partition coefficient (Wildman–Crippen LogP) is 3.14. The van der Waals surface area contributed by atoms with Crippen LogP contribution in [-0.2, 0) is 6.54 Å². The number of anilines is 1. The van der Waals surface area contributed by atoms with Crippen molar-refractivity contribution in [1.29, 1.82) is 5.26 Å². The highest BCUT2D eigenvalue weighted by Crippen LogP contribution is 2.30. The Morgan fingerprint density at radius 1 is 1.46 bits per heavy atom. The van der Waals surface area contributed by atoms with Gasteiger partial charge in [0, 0.05) is 37.6 Å². The molecule has 5 nitrogen and oxygen atoms in total. The lowest BCUT2D eigenvalue weighted by Gasteiger charge is -2.28. The molecule has 0 bridgehead atoms. The van der Waals surface area contributed by atoms with Gasteiger partial charge in [-0.3, -0.25) is 4.90 Å². The van der Waals surface area contributed by atoms with E-state index in [9.17, 15) is 9.65 Å². The van der Waals surface area contributed by atoms with Crippen LogP contribution in [-0.4, -0.2) is 46.6 Å². The average molecular weight is 366 g/mol. The van der Waals surface area contributed by atoms with Gasteiger partial charge in [0.05, 0.1) is 16.9 Å². The molecule has 0 N–H and O–H groups in total. The number of likely N-dealkylation sites (N-methyl/N-ethyl adjacent to an activating group) is 1. The smallest absolute Gasteiger partial charge is 0.130 e. The molecule has 0 aromatic carbocycles. The zero-order chi connectivity index (χ0) is 17.3. The molecule has 2 aromatic rings. The topological polar surface area (TPSA) is 56.1 Å². The van der Waals surface area contributed by atoms with Crippen molar-refractivity contribution in [2.24, 2.45) is 0 Å². The highest BCUT2D eigenvalue weighted by Gasteiger charge is 2.34. The third-order valence-corrected chi connectivity index (χ3v) is 6.43. The lowest BCUT2D eigenvalue weighted by Crippen LogP contribution is -2.38. The number of nitriles is 1. The van der Waals surface area contributed by atoms with Crippen LogP contribution in [0, 0.1) is 25.2 Å². The van der Waals surface area contributed by atoms with Crippen molar-refractivity contribution in [1.82, 2.24) is 14.3 Å². The Morgan fingerprint density at radius 3 is 2.92 bits per heavy atom. The predicted molar refractivity (Wildman–Crippen MR) is 95.4 cm³/mol. The highest BCUT2D eigenvalue weighted by atomic mass is 32.1. The summed E-state index contributed by atoms with van der Waals surface area (Å²) >= 11 is 2.96. The van der Waals surface area contributed by atoms with E-state index in [1.807, 2.05) is 31.3 Å². The molecular formula is C16H20FN5S2. The molecule has 0 aliphatic carbocycles. The summed E-state index contributed by atoms with van der Waals surface area (Å²) in [5, 5.41) is 10.2. The van der Waals surface area contributed by atoms with Crippen molar-refractivity contribution in [3.05, 3.63) is 27.3 Å². The maximum atomic E-state index is 14.0. The average Bonchev–Trinajstić information content (AvgIpc) is 3.20. The molecular weight excluding hydrogens is 345 g/mol. The number of alkyl halides is 1. The maximum absolute atomic E-state index is 14.0. The van der Waals surface area contributed by atoms with Gasteiger partial charge < -0.3 is 4.90 Å². The number of hydrogen-bond donors (Lipinski definition) is 0. The van der Waals surface area contributed by atoms with E-state index in [2.05, 4.69) is 20.3 Å². The minimum atomic E-state index is -0.796. The number of nitrogens with zero attached hydrogens (tertiary/aromatic N) is 5. The summed E-state index contributed by atoms with van der Waals surface area (Å²) in [4.78, 5) is 9.72. The molecule has 0 unspecified atom stereocenters. The van der Waals surface area contributed by atoms with Gasteiger partial charge in [0.25, 0.3) is 0 Å². The maximum Gasteiger partial charge on any atom is 0.130 e. The van der Waals surface area contributed by atoms with Crippen molar-refractivity contribution in [3.8, 4) is 6.07 Å². The van der Waals surface area contributed by atoms with Crippen LogP contribution in [0.1, 0.15) is 28.2 Å². The first-order chi connectivity index (χ1) is 11.5. The lowest BCUT2D eigenvalue weighted by atomic mass is 10.2. The second-order valence-corrected chi connectivity index (χ2v) is 7.91. The van der Waals surface area contributed by atoms with Crippen molar-refractivity contribution < 1.29 is 4.39 Å². The van der Waals surface area contributed by atoms with Crippen LogP contribution in [0.3, 0.4) is 0 Å². The first-order valence-corrected chi connectivity index (χ1v) is 9.49. The van der Waals surface area contributed by atoms with Crippen LogP contribution in [0.15, 0.2) is 5.51 Å². The van der Waals surface area contributed by atoms with Crippen LogP contribution in [0.2, 0.25) is 0 Å². The van der Waals surface area contributed by atoms with E-state index in [0.717, 1.165) is 22.9 Å². The third kappa shape index (κ3) is 3.43. The van der Waals surface area contributed by atoms with E-state index in [1.165, 1.54) is 16.4 Å². The number of hydrogen-bond acceptors (Lipinski definition) is 7. The zero-order valence-corrected chi connectivity index (χ0v) is 15.6. The highest BCUT2D eigenvalue weighted by molar-refractivity contribution is 7.10. The number of rotatable bonds is 5. The van der Waals surface area contributed by atoms with Crippen molar-refractivity contribution in [2.45, 2.75) is 39.0 Å². The largest absolute Gasteiger partial charge is 0.363 e. The Bertz CT molecular complexity index is 750. The fourth-order valence-corrected chi connectivity index (χ4v) is 4.73. The molecule has 0 spiro atoms. The van der Waals surface area contributed by atoms with E-state index >= 15 is 0 Å². The number of likely N-dealkylation sites (tertiary alicyclic amines) is 1. The summed E-state index contributed by atoms with van der Waals surface area (Å²) in [7, 11) is 1.95. The van der Waals surface area contributed by atoms with Gasteiger partial charge >= 0.3 is 0 Å². The Balaban J connectivity index is 1.72. The van der Waals surface area contributed by atoms with E-state index in [0.29, 0.717) is 25.1 Å². The van der Waals surface area contributed by atoms with E-state index in [4.69, 9.17) is 0 Å². The Hall–Kier alpha value is -1.56. The number of thiazole rings is 1.